The van der Waals surface area contributed by atoms with E-state index in [9.17, 15) is 9.59 Å². The molecule has 0 saturated carbocycles. The van der Waals surface area contributed by atoms with Crippen molar-refractivity contribution in [3.05, 3.63) is 0 Å². The number of nitrogens with one attached hydrogen (secondary N) is 1. The number of ketones is 1. The van der Waals surface area contributed by atoms with Crippen LogP contribution in [-0.4, -0.2) is 41.8 Å². The minimum absolute atomic E-state index is 0.0910. The van der Waals surface area contributed by atoms with Crippen LogP contribution in [0.25, 0.3) is 0 Å². The maximum atomic E-state index is 11.7. The zero-order valence-electron chi connectivity index (χ0n) is 9.21. The number of hydrogen-bond donors (Lipinski definition) is 1. The highest BCUT2D eigenvalue weighted by molar-refractivity contribution is 6.10. The van der Waals surface area contributed by atoms with E-state index in [4.69, 9.17) is 0 Å². The van der Waals surface area contributed by atoms with Crippen molar-refractivity contribution in [1.82, 2.24) is 10.2 Å². The van der Waals surface area contributed by atoms with Gasteiger partial charge in [-0.3, -0.25) is 9.59 Å². The van der Waals surface area contributed by atoms with Gasteiger partial charge in [-0.1, -0.05) is 6.92 Å². The van der Waals surface area contributed by atoms with E-state index in [0.717, 1.165) is 38.9 Å². The molecule has 0 aromatic heterocycles. The summed E-state index contributed by atoms with van der Waals surface area (Å²) in [5.74, 6) is 0.00703. The van der Waals surface area contributed by atoms with E-state index in [0.29, 0.717) is 0 Å². The fraction of sp³-hybridized carbons (Fsp3) is 0.818. The van der Waals surface area contributed by atoms with E-state index in [1.807, 2.05) is 0 Å². The summed E-state index contributed by atoms with van der Waals surface area (Å²) in [5, 5.41) is 2.87. The van der Waals surface area contributed by atoms with Gasteiger partial charge in [0.05, 0.1) is 6.42 Å². The maximum Gasteiger partial charge on any atom is 0.228 e. The Morgan fingerprint density at radius 2 is 2.00 bits per heavy atom. The van der Waals surface area contributed by atoms with E-state index in [1.54, 1.807) is 0 Å². The van der Waals surface area contributed by atoms with Gasteiger partial charge in [0.25, 0.3) is 0 Å². The smallest absolute Gasteiger partial charge is 0.228 e. The second-order valence-electron chi connectivity index (χ2n) is 4.57. The van der Waals surface area contributed by atoms with Gasteiger partial charge < -0.3 is 10.2 Å². The molecule has 4 heteroatoms. The Labute approximate surface area is 90.0 Å². The predicted octanol–water partition coefficient (Wildman–Crippen LogP) is 0.320. The molecular formula is C11H18N2O2. The number of hydrogen-bond acceptors (Lipinski definition) is 3. The summed E-state index contributed by atoms with van der Waals surface area (Å²) in [6.07, 6.45) is 2.82. The van der Waals surface area contributed by atoms with Gasteiger partial charge in [-0.2, -0.15) is 0 Å². The number of carbonyl (C=O) groups is 2. The fourth-order valence-corrected chi connectivity index (χ4v) is 2.57. The largest absolute Gasteiger partial charge is 0.343 e. The monoisotopic (exact) mass is 210 g/mol. The SMILES string of the molecule is CCCN1CCC2(CC1)NC(=O)CC2=O. The molecule has 0 radical (unpaired) electrons. The Kier molecular flexibility index (Phi) is 2.78. The maximum absolute atomic E-state index is 11.7. The van der Waals surface area contributed by atoms with Crippen molar-refractivity contribution in [2.24, 2.45) is 0 Å². The third kappa shape index (κ3) is 1.91. The van der Waals surface area contributed by atoms with Gasteiger partial charge >= 0.3 is 0 Å². The summed E-state index contributed by atoms with van der Waals surface area (Å²) in [6, 6.07) is 0. The summed E-state index contributed by atoms with van der Waals surface area (Å²) in [4.78, 5) is 25.3. The van der Waals surface area contributed by atoms with Crippen LogP contribution < -0.4 is 5.32 Å². The van der Waals surface area contributed by atoms with Gasteiger partial charge in [-0.15, -0.1) is 0 Å². The first-order chi connectivity index (χ1) is 7.16. The van der Waals surface area contributed by atoms with Crippen molar-refractivity contribution in [3.8, 4) is 0 Å². The molecule has 2 aliphatic heterocycles. The molecule has 2 heterocycles. The van der Waals surface area contributed by atoms with Crippen LogP contribution in [0.4, 0.5) is 0 Å². The molecule has 0 aromatic rings. The molecule has 0 aromatic carbocycles. The number of rotatable bonds is 2. The molecule has 1 spiro atoms. The van der Waals surface area contributed by atoms with Crippen LogP contribution in [0.1, 0.15) is 32.6 Å². The number of Topliss-reactive ketones (excluding diaryl/α,β-unsaturated/α-hetero) is 1. The number of nitrogens with zero attached hydrogens (tertiary/aromatic N) is 1. The van der Waals surface area contributed by atoms with Crippen LogP contribution >= 0.6 is 0 Å². The third-order valence-corrected chi connectivity index (χ3v) is 3.48. The van der Waals surface area contributed by atoms with Gasteiger partial charge in [-0.25, -0.2) is 0 Å². The molecule has 0 bridgehead atoms. The van der Waals surface area contributed by atoms with Crippen molar-refractivity contribution in [1.29, 1.82) is 0 Å². The van der Waals surface area contributed by atoms with Crippen molar-refractivity contribution in [2.75, 3.05) is 19.6 Å². The van der Waals surface area contributed by atoms with Crippen LogP contribution in [0, 0.1) is 0 Å². The Balaban J connectivity index is 1.97. The van der Waals surface area contributed by atoms with Gasteiger partial charge in [0.2, 0.25) is 5.91 Å². The quantitative estimate of drug-likeness (QED) is 0.668. The Morgan fingerprint density at radius 3 is 2.47 bits per heavy atom. The van der Waals surface area contributed by atoms with Crippen LogP contribution in [0.5, 0.6) is 0 Å². The molecule has 1 amide bonds. The van der Waals surface area contributed by atoms with Crippen molar-refractivity contribution in [2.45, 2.75) is 38.1 Å². The lowest BCUT2D eigenvalue weighted by molar-refractivity contribution is -0.124. The summed E-state index contributed by atoms with van der Waals surface area (Å²) in [7, 11) is 0. The van der Waals surface area contributed by atoms with E-state index in [-0.39, 0.29) is 18.1 Å². The lowest BCUT2D eigenvalue weighted by Gasteiger charge is -2.37. The third-order valence-electron chi connectivity index (χ3n) is 3.48. The molecular weight excluding hydrogens is 192 g/mol. The molecule has 2 aliphatic rings. The van der Waals surface area contributed by atoms with Gasteiger partial charge in [0.1, 0.15) is 5.54 Å². The van der Waals surface area contributed by atoms with Crippen LogP contribution in [0.3, 0.4) is 0 Å². The van der Waals surface area contributed by atoms with Crippen molar-refractivity contribution in [3.63, 3.8) is 0 Å². The zero-order chi connectivity index (χ0) is 10.9. The first-order valence-corrected chi connectivity index (χ1v) is 5.73. The molecule has 2 rings (SSSR count). The second kappa shape index (κ2) is 3.93. The number of likely N-dealkylation sites (tertiary alicyclic amines) is 1. The van der Waals surface area contributed by atoms with E-state index < -0.39 is 5.54 Å². The molecule has 4 nitrogen and oxygen atoms in total. The average molecular weight is 210 g/mol. The standard InChI is InChI=1S/C11H18N2O2/c1-2-5-13-6-3-11(4-7-13)9(14)8-10(15)12-11/h2-8H2,1H3,(H,12,15). The number of carbonyl (C=O) groups excluding carboxylic acids is 2. The first kappa shape index (κ1) is 10.6. The van der Waals surface area contributed by atoms with Crippen molar-refractivity contribution < 1.29 is 9.59 Å². The summed E-state index contributed by atoms with van der Waals surface area (Å²) >= 11 is 0. The van der Waals surface area contributed by atoms with Crippen molar-refractivity contribution >= 4 is 11.7 Å². The van der Waals surface area contributed by atoms with Crippen LogP contribution in [0.2, 0.25) is 0 Å². The Hall–Kier alpha value is -0.900. The summed E-state index contributed by atoms with van der Waals surface area (Å²) < 4.78 is 0. The summed E-state index contributed by atoms with van der Waals surface area (Å²) in [5.41, 5.74) is -0.499. The lowest BCUT2D eigenvalue weighted by atomic mass is 9.85. The molecule has 2 saturated heterocycles. The lowest BCUT2D eigenvalue weighted by Crippen LogP contribution is -2.54. The Morgan fingerprint density at radius 1 is 1.33 bits per heavy atom. The molecule has 0 atom stereocenters. The van der Waals surface area contributed by atoms with E-state index >= 15 is 0 Å². The molecule has 0 aliphatic carbocycles. The first-order valence-electron chi connectivity index (χ1n) is 5.73. The van der Waals surface area contributed by atoms with Gasteiger partial charge in [0.15, 0.2) is 5.78 Å². The minimum Gasteiger partial charge on any atom is -0.343 e. The minimum atomic E-state index is -0.499. The molecule has 15 heavy (non-hydrogen) atoms. The number of amides is 1. The van der Waals surface area contributed by atoms with Gasteiger partial charge in [0, 0.05) is 13.1 Å². The van der Waals surface area contributed by atoms with E-state index in [2.05, 4.69) is 17.1 Å². The highest BCUT2D eigenvalue weighted by Gasteiger charge is 2.47. The zero-order valence-corrected chi connectivity index (χ0v) is 9.21. The molecule has 0 unspecified atom stereocenters. The number of piperidine rings is 1. The highest BCUT2D eigenvalue weighted by atomic mass is 16.2. The highest BCUT2D eigenvalue weighted by Crippen LogP contribution is 2.28. The normalized spacial score (nSPS) is 25.9. The van der Waals surface area contributed by atoms with Crippen LogP contribution in [-0.2, 0) is 9.59 Å². The van der Waals surface area contributed by atoms with E-state index in [1.165, 1.54) is 0 Å². The van der Waals surface area contributed by atoms with Gasteiger partial charge in [-0.05, 0) is 25.8 Å². The summed E-state index contributed by atoms with van der Waals surface area (Å²) in [6.45, 7) is 5.12. The molecule has 84 valence electrons. The van der Waals surface area contributed by atoms with Crippen LogP contribution in [0.15, 0.2) is 0 Å². The fourth-order valence-electron chi connectivity index (χ4n) is 2.57. The Bertz CT molecular complexity index is 280. The molecule has 2 fully saturated rings. The topological polar surface area (TPSA) is 49.4 Å². The molecule has 1 N–H and O–H groups in total. The predicted molar refractivity (Wildman–Crippen MR) is 56.5 cm³/mol. The second-order valence-corrected chi connectivity index (χ2v) is 4.57. The average Bonchev–Trinajstić information content (AvgIpc) is 2.47.